The molecule has 1 saturated heterocycles. The lowest BCUT2D eigenvalue weighted by Gasteiger charge is -2.19. The van der Waals surface area contributed by atoms with Gasteiger partial charge < -0.3 is 10.0 Å². The summed E-state index contributed by atoms with van der Waals surface area (Å²) in [5.74, 6) is 0.617. The second-order valence-corrected chi connectivity index (χ2v) is 4.47. The largest absolute Gasteiger partial charge is 0.396 e. The molecule has 15 heavy (non-hydrogen) atoms. The Balaban J connectivity index is 2.04. The van der Waals surface area contributed by atoms with Crippen molar-refractivity contribution >= 4 is 17.3 Å². The van der Waals surface area contributed by atoms with E-state index in [0.717, 1.165) is 36.6 Å². The standard InChI is InChI=1S/C12H16ClNO/c13-11-3-1-2-4-12(11)14-7-5-10(9-14)6-8-15/h1-4,10,15H,5-9H2. The van der Waals surface area contributed by atoms with Crippen LogP contribution in [0.5, 0.6) is 0 Å². The minimum atomic E-state index is 0.293. The van der Waals surface area contributed by atoms with Gasteiger partial charge in [0.1, 0.15) is 0 Å². The number of aliphatic hydroxyl groups is 1. The molecule has 0 saturated carbocycles. The molecule has 2 rings (SSSR count). The number of hydrogen-bond donors (Lipinski definition) is 1. The van der Waals surface area contributed by atoms with E-state index in [-0.39, 0.29) is 0 Å². The van der Waals surface area contributed by atoms with Crippen LogP contribution in [0, 0.1) is 5.92 Å². The quantitative estimate of drug-likeness (QED) is 0.855. The maximum absolute atomic E-state index is 8.89. The molecular formula is C12H16ClNO. The SMILES string of the molecule is OCCC1CCN(c2ccccc2Cl)C1. The maximum Gasteiger partial charge on any atom is 0.0639 e. The fraction of sp³-hybridized carbons (Fsp3) is 0.500. The van der Waals surface area contributed by atoms with Crippen molar-refractivity contribution in [1.82, 2.24) is 0 Å². The lowest BCUT2D eigenvalue weighted by molar-refractivity contribution is 0.263. The van der Waals surface area contributed by atoms with Crippen LogP contribution >= 0.6 is 11.6 Å². The average Bonchev–Trinajstić information content (AvgIpc) is 2.68. The molecule has 1 fully saturated rings. The number of nitrogens with zero attached hydrogens (tertiary/aromatic N) is 1. The third-order valence-electron chi connectivity index (χ3n) is 3.02. The van der Waals surface area contributed by atoms with Gasteiger partial charge in [-0.15, -0.1) is 0 Å². The highest BCUT2D eigenvalue weighted by Gasteiger charge is 2.23. The zero-order valence-corrected chi connectivity index (χ0v) is 9.45. The normalized spacial score (nSPS) is 20.9. The Morgan fingerprint density at radius 3 is 2.93 bits per heavy atom. The number of hydrogen-bond acceptors (Lipinski definition) is 2. The van der Waals surface area contributed by atoms with E-state index >= 15 is 0 Å². The Bertz CT molecular complexity index is 329. The first-order valence-electron chi connectivity index (χ1n) is 5.41. The summed E-state index contributed by atoms with van der Waals surface area (Å²) in [6, 6.07) is 7.95. The molecular weight excluding hydrogens is 210 g/mol. The molecule has 0 bridgehead atoms. The average molecular weight is 226 g/mol. The van der Waals surface area contributed by atoms with Gasteiger partial charge in [0.15, 0.2) is 0 Å². The fourth-order valence-electron chi connectivity index (χ4n) is 2.18. The molecule has 0 aromatic heterocycles. The number of halogens is 1. The Labute approximate surface area is 95.5 Å². The summed E-state index contributed by atoms with van der Waals surface area (Å²) < 4.78 is 0. The van der Waals surface area contributed by atoms with E-state index in [4.69, 9.17) is 16.7 Å². The van der Waals surface area contributed by atoms with Crippen LogP contribution in [0.4, 0.5) is 5.69 Å². The van der Waals surface area contributed by atoms with Crippen LogP contribution in [0.25, 0.3) is 0 Å². The van der Waals surface area contributed by atoms with Crippen molar-refractivity contribution in [3.8, 4) is 0 Å². The lowest BCUT2D eigenvalue weighted by atomic mass is 10.1. The van der Waals surface area contributed by atoms with Crippen molar-refractivity contribution < 1.29 is 5.11 Å². The molecule has 0 spiro atoms. The van der Waals surface area contributed by atoms with Crippen molar-refractivity contribution in [1.29, 1.82) is 0 Å². The first-order chi connectivity index (χ1) is 7.31. The second-order valence-electron chi connectivity index (χ2n) is 4.06. The Kier molecular flexibility index (Phi) is 3.49. The summed E-state index contributed by atoms with van der Waals surface area (Å²) in [6.07, 6.45) is 2.06. The molecule has 3 heteroatoms. The summed E-state index contributed by atoms with van der Waals surface area (Å²) in [6.45, 7) is 2.36. The maximum atomic E-state index is 8.89. The third-order valence-corrected chi connectivity index (χ3v) is 3.34. The smallest absolute Gasteiger partial charge is 0.0639 e. The summed E-state index contributed by atoms with van der Waals surface area (Å²) in [5, 5.41) is 9.71. The van der Waals surface area contributed by atoms with Crippen LogP contribution in [-0.4, -0.2) is 24.8 Å². The molecule has 82 valence electrons. The first-order valence-corrected chi connectivity index (χ1v) is 5.79. The zero-order valence-electron chi connectivity index (χ0n) is 8.69. The minimum Gasteiger partial charge on any atom is -0.396 e. The van der Waals surface area contributed by atoms with Crippen LogP contribution in [-0.2, 0) is 0 Å². The van der Waals surface area contributed by atoms with E-state index in [1.807, 2.05) is 18.2 Å². The molecule has 1 heterocycles. The molecule has 2 nitrogen and oxygen atoms in total. The van der Waals surface area contributed by atoms with Crippen LogP contribution < -0.4 is 4.90 Å². The van der Waals surface area contributed by atoms with Crippen LogP contribution in [0.2, 0.25) is 5.02 Å². The van der Waals surface area contributed by atoms with E-state index in [1.165, 1.54) is 0 Å². The molecule has 1 unspecified atom stereocenters. The van der Waals surface area contributed by atoms with E-state index in [1.54, 1.807) is 0 Å². The highest BCUT2D eigenvalue weighted by molar-refractivity contribution is 6.33. The number of para-hydroxylation sites is 1. The van der Waals surface area contributed by atoms with Crippen molar-refractivity contribution in [3.63, 3.8) is 0 Å². The van der Waals surface area contributed by atoms with Gasteiger partial charge in [0.25, 0.3) is 0 Å². The summed E-state index contributed by atoms with van der Waals surface area (Å²) >= 11 is 6.14. The lowest BCUT2D eigenvalue weighted by Crippen LogP contribution is -2.20. The van der Waals surface area contributed by atoms with Gasteiger partial charge in [-0.2, -0.15) is 0 Å². The Hall–Kier alpha value is -0.730. The van der Waals surface area contributed by atoms with Crippen LogP contribution in [0.3, 0.4) is 0 Å². The van der Waals surface area contributed by atoms with Gasteiger partial charge in [-0.3, -0.25) is 0 Å². The summed E-state index contributed by atoms with van der Waals surface area (Å²) in [7, 11) is 0. The van der Waals surface area contributed by atoms with E-state index in [9.17, 15) is 0 Å². The number of anilines is 1. The highest BCUT2D eigenvalue weighted by Crippen LogP contribution is 2.30. The second kappa shape index (κ2) is 4.86. The Morgan fingerprint density at radius 1 is 1.40 bits per heavy atom. The first kappa shape index (κ1) is 10.8. The van der Waals surface area contributed by atoms with Gasteiger partial charge in [0.05, 0.1) is 10.7 Å². The minimum absolute atomic E-state index is 0.293. The number of benzene rings is 1. The predicted octanol–water partition coefficient (Wildman–Crippen LogP) is 2.55. The fourth-order valence-corrected chi connectivity index (χ4v) is 2.43. The van der Waals surface area contributed by atoms with Crippen molar-refractivity contribution in [2.75, 3.05) is 24.6 Å². The van der Waals surface area contributed by atoms with E-state index in [0.29, 0.717) is 12.5 Å². The van der Waals surface area contributed by atoms with E-state index < -0.39 is 0 Å². The molecule has 0 radical (unpaired) electrons. The monoisotopic (exact) mass is 225 g/mol. The van der Waals surface area contributed by atoms with E-state index in [2.05, 4.69) is 11.0 Å². The van der Waals surface area contributed by atoms with Crippen LogP contribution in [0.1, 0.15) is 12.8 Å². The molecule has 1 aromatic carbocycles. The summed E-state index contributed by atoms with van der Waals surface area (Å²) in [5.41, 5.74) is 1.12. The van der Waals surface area contributed by atoms with Gasteiger partial charge in [-0.1, -0.05) is 23.7 Å². The van der Waals surface area contributed by atoms with Gasteiger partial charge >= 0.3 is 0 Å². The number of aliphatic hydroxyl groups excluding tert-OH is 1. The Morgan fingerprint density at radius 2 is 2.20 bits per heavy atom. The van der Waals surface area contributed by atoms with Gasteiger partial charge in [0.2, 0.25) is 0 Å². The molecule has 0 amide bonds. The predicted molar refractivity (Wildman–Crippen MR) is 63.5 cm³/mol. The molecule has 1 aliphatic rings. The van der Waals surface area contributed by atoms with Crippen molar-refractivity contribution in [2.45, 2.75) is 12.8 Å². The molecule has 1 aromatic rings. The number of rotatable bonds is 3. The molecule has 1 aliphatic heterocycles. The highest BCUT2D eigenvalue weighted by atomic mass is 35.5. The molecule has 1 atom stereocenters. The van der Waals surface area contributed by atoms with Crippen LogP contribution in [0.15, 0.2) is 24.3 Å². The van der Waals surface area contributed by atoms with Gasteiger partial charge in [-0.25, -0.2) is 0 Å². The van der Waals surface area contributed by atoms with Gasteiger partial charge in [0, 0.05) is 19.7 Å². The summed E-state index contributed by atoms with van der Waals surface area (Å²) in [4.78, 5) is 2.31. The van der Waals surface area contributed by atoms with Crippen molar-refractivity contribution in [3.05, 3.63) is 29.3 Å². The van der Waals surface area contributed by atoms with Gasteiger partial charge in [-0.05, 0) is 30.9 Å². The topological polar surface area (TPSA) is 23.5 Å². The zero-order chi connectivity index (χ0) is 10.7. The van der Waals surface area contributed by atoms with Crippen molar-refractivity contribution in [2.24, 2.45) is 5.92 Å². The molecule has 1 N–H and O–H groups in total. The third kappa shape index (κ3) is 2.44. The molecule has 0 aliphatic carbocycles.